The average Bonchev–Trinajstić information content (AvgIpc) is 2.95. The highest BCUT2D eigenvalue weighted by Gasteiger charge is 2.34. The van der Waals surface area contributed by atoms with Gasteiger partial charge in [0.15, 0.2) is 0 Å². The first-order valence-corrected chi connectivity index (χ1v) is 8.69. The number of hydrogen-bond acceptors (Lipinski definition) is 2. The molecule has 0 radical (unpaired) electrons. The molecule has 0 spiro atoms. The van der Waals surface area contributed by atoms with Crippen LogP contribution in [-0.2, 0) is 0 Å². The van der Waals surface area contributed by atoms with E-state index in [0.29, 0.717) is 18.5 Å². The minimum absolute atomic E-state index is 0.328. The molecule has 1 aliphatic carbocycles. The highest BCUT2D eigenvalue weighted by atomic mass is 16.2. The number of fused-ring (bicyclic) bond motifs is 3. The van der Waals surface area contributed by atoms with Gasteiger partial charge in [0, 0.05) is 13.1 Å². The number of primary amides is 1. The number of nitrogens with two attached hydrogens (primary N) is 1. The third-order valence-corrected chi connectivity index (χ3v) is 5.28. The van der Waals surface area contributed by atoms with Crippen LogP contribution < -0.4 is 11.1 Å². The first kappa shape index (κ1) is 15.2. The summed E-state index contributed by atoms with van der Waals surface area (Å²) in [5.74, 6) is 0.464. The summed E-state index contributed by atoms with van der Waals surface area (Å²) in [6.45, 7) is 2.76. The van der Waals surface area contributed by atoms with Crippen molar-refractivity contribution in [3.8, 4) is 11.1 Å². The van der Waals surface area contributed by atoms with Gasteiger partial charge in [-0.1, -0.05) is 48.5 Å². The second-order valence-electron chi connectivity index (χ2n) is 6.83. The van der Waals surface area contributed by atoms with Gasteiger partial charge >= 0.3 is 6.03 Å². The molecule has 4 rings (SSSR count). The average molecular weight is 321 g/mol. The molecule has 4 heteroatoms. The maximum absolute atomic E-state index is 11.0. The Hall–Kier alpha value is -2.33. The number of carbonyl (C=O) groups is 1. The van der Waals surface area contributed by atoms with E-state index in [-0.39, 0.29) is 0 Å². The summed E-state index contributed by atoms with van der Waals surface area (Å²) in [6.07, 6.45) is 2.30. The fraction of sp³-hybridized carbons (Fsp3) is 0.350. The lowest BCUT2D eigenvalue weighted by Crippen LogP contribution is -2.43. The van der Waals surface area contributed by atoms with E-state index >= 15 is 0 Å². The van der Waals surface area contributed by atoms with Crippen molar-refractivity contribution >= 4 is 6.03 Å². The van der Waals surface area contributed by atoms with Gasteiger partial charge < -0.3 is 11.1 Å². The number of nitrogens with zero attached hydrogens (tertiary/aromatic N) is 1. The van der Waals surface area contributed by atoms with Gasteiger partial charge in [-0.25, -0.2) is 4.79 Å². The Balaban J connectivity index is 1.62. The monoisotopic (exact) mass is 321 g/mol. The van der Waals surface area contributed by atoms with E-state index in [1.54, 1.807) is 0 Å². The zero-order valence-corrected chi connectivity index (χ0v) is 13.7. The number of likely N-dealkylation sites (tertiary alicyclic amines) is 1. The van der Waals surface area contributed by atoms with E-state index < -0.39 is 6.03 Å². The molecule has 4 nitrogen and oxygen atoms in total. The Morgan fingerprint density at radius 1 is 1.08 bits per heavy atom. The van der Waals surface area contributed by atoms with Crippen molar-refractivity contribution in [1.29, 1.82) is 0 Å². The number of piperidine rings is 1. The molecule has 124 valence electrons. The Kier molecular flexibility index (Phi) is 3.98. The van der Waals surface area contributed by atoms with Gasteiger partial charge in [0.05, 0.1) is 6.04 Å². The third-order valence-electron chi connectivity index (χ3n) is 5.28. The van der Waals surface area contributed by atoms with E-state index in [1.165, 1.54) is 22.3 Å². The smallest absolute Gasteiger partial charge is 0.312 e. The fourth-order valence-corrected chi connectivity index (χ4v) is 4.27. The summed E-state index contributed by atoms with van der Waals surface area (Å²) in [7, 11) is 0. The van der Waals surface area contributed by atoms with E-state index in [1.807, 2.05) is 0 Å². The zero-order valence-electron chi connectivity index (χ0n) is 13.7. The maximum atomic E-state index is 11.0. The van der Waals surface area contributed by atoms with Crippen LogP contribution in [0.15, 0.2) is 48.5 Å². The van der Waals surface area contributed by atoms with Gasteiger partial charge in [-0.2, -0.15) is 0 Å². The zero-order chi connectivity index (χ0) is 16.5. The maximum Gasteiger partial charge on any atom is 0.312 e. The van der Waals surface area contributed by atoms with E-state index in [4.69, 9.17) is 5.73 Å². The van der Waals surface area contributed by atoms with Crippen molar-refractivity contribution in [1.82, 2.24) is 10.2 Å². The summed E-state index contributed by atoms with van der Waals surface area (Å²) in [5, 5.41) is 2.78. The normalized spacial score (nSPS) is 20.4. The van der Waals surface area contributed by atoms with Crippen molar-refractivity contribution in [2.75, 3.05) is 19.6 Å². The molecular formula is C20H23N3O. The molecule has 1 atom stereocenters. The standard InChI is InChI=1S/C20H23N3O/c21-20(24)22-12-14-6-5-11-23(13-14)19-17-9-3-1-7-15(17)16-8-2-4-10-18(16)19/h1-4,7-10,14,19H,5-6,11-13H2,(H3,21,22,24)/t14-/m0/s1. The van der Waals surface area contributed by atoms with Crippen LogP contribution in [0.1, 0.15) is 30.0 Å². The molecule has 1 heterocycles. The van der Waals surface area contributed by atoms with Crippen molar-refractivity contribution in [2.45, 2.75) is 18.9 Å². The molecule has 24 heavy (non-hydrogen) atoms. The van der Waals surface area contributed by atoms with Crippen molar-refractivity contribution in [2.24, 2.45) is 11.7 Å². The molecular weight excluding hydrogens is 298 g/mol. The third kappa shape index (κ3) is 2.67. The lowest BCUT2D eigenvalue weighted by molar-refractivity contribution is 0.143. The molecule has 0 unspecified atom stereocenters. The number of nitrogens with one attached hydrogen (secondary N) is 1. The first-order chi connectivity index (χ1) is 11.7. The minimum Gasteiger partial charge on any atom is -0.352 e. The predicted octanol–water partition coefficient (Wildman–Crippen LogP) is 3.14. The number of amides is 2. The van der Waals surface area contributed by atoms with Gasteiger partial charge in [-0.05, 0) is 47.6 Å². The number of benzene rings is 2. The highest BCUT2D eigenvalue weighted by molar-refractivity contribution is 5.78. The number of rotatable bonds is 3. The summed E-state index contributed by atoms with van der Waals surface area (Å²) in [6, 6.07) is 17.4. The van der Waals surface area contributed by atoms with Gasteiger partial charge in [0.25, 0.3) is 0 Å². The molecule has 0 aromatic heterocycles. The Morgan fingerprint density at radius 2 is 1.71 bits per heavy atom. The molecule has 1 saturated heterocycles. The molecule has 1 aliphatic heterocycles. The molecule has 2 aromatic carbocycles. The number of carbonyl (C=O) groups excluding carboxylic acids is 1. The second-order valence-corrected chi connectivity index (χ2v) is 6.83. The Morgan fingerprint density at radius 3 is 2.33 bits per heavy atom. The van der Waals surface area contributed by atoms with E-state index in [9.17, 15) is 4.79 Å². The van der Waals surface area contributed by atoms with Crippen molar-refractivity contribution in [3.05, 3.63) is 59.7 Å². The molecule has 1 fully saturated rings. The van der Waals surface area contributed by atoms with Crippen LogP contribution in [0.3, 0.4) is 0 Å². The molecule has 2 amide bonds. The van der Waals surface area contributed by atoms with Crippen molar-refractivity contribution < 1.29 is 4.79 Å². The van der Waals surface area contributed by atoms with Gasteiger partial charge in [-0.3, -0.25) is 4.90 Å². The van der Waals surface area contributed by atoms with Gasteiger partial charge in [0.2, 0.25) is 0 Å². The Labute approximate surface area is 142 Å². The minimum atomic E-state index is -0.427. The number of urea groups is 1. The number of hydrogen-bond donors (Lipinski definition) is 2. The molecule has 0 bridgehead atoms. The largest absolute Gasteiger partial charge is 0.352 e. The van der Waals surface area contributed by atoms with Crippen LogP contribution in [0, 0.1) is 5.92 Å². The van der Waals surface area contributed by atoms with E-state index in [2.05, 4.69) is 58.7 Å². The highest BCUT2D eigenvalue weighted by Crippen LogP contribution is 2.46. The van der Waals surface area contributed by atoms with Crippen LogP contribution in [0.5, 0.6) is 0 Å². The van der Waals surface area contributed by atoms with Gasteiger partial charge in [0.1, 0.15) is 0 Å². The van der Waals surface area contributed by atoms with Crippen LogP contribution in [0.25, 0.3) is 11.1 Å². The predicted molar refractivity (Wildman–Crippen MR) is 95.6 cm³/mol. The summed E-state index contributed by atoms with van der Waals surface area (Å²) in [5.41, 5.74) is 10.8. The molecule has 2 aliphatic rings. The quantitative estimate of drug-likeness (QED) is 0.912. The molecule has 0 saturated carbocycles. The molecule has 3 N–H and O–H groups in total. The summed E-state index contributed by atoms with van der Waals surface area (Å²) >= 11 is 0. The summed E-state index contributed by atoms with van der Waals surface area (Å²) in [4.78, 5) is 13.6. The topological polar surface area (TPSA) is 58.4 Å². The lowest BCUT2D eigenvalue weighted by atomic mass is 9.94. The van der Waals surface area contributed by atoms with Crippen molar-refractivity contribution in [3.63, 3.8) is 0 Å². The van der Waals surface area contributed by atoms with Crippen LogP contribution in [0.4, 0.5) is 4.79 Å². The summed E-state index contributed by atoms with van der Waals surface area (Å²) < 4.78 is 0. The van der Waals surface area contributed by atoms with Crippen LogP contribution in [-0.4, -0.2) is 30.6 Å². The Bertz CT molecular complexity index is 713. The van der Waals surface area contributed by atoms with E-state index in [0.717, 1.165) is 25.9 Å². The molecule has 2 aromatic rings. The lowest BCUT2D eigenvalue weighted by Gasteiger charge is -2.37. The van der Waals surface area contributed by atoms with Gasteiger partial charge in [-0.15, -0.1) is 0 Å². The SMILES string of the molecule is NC(=O)NC[C@@H]1CCCN(C2c3ccccc3-c3ccccc32)C1. The first-order valence-electron chi connectivity index (χ1n) is 8.69. The van der Waals surface area contributed by atoms with Crippen LogP contribution >= 0.6 is 0 Å². The second kappa shape index (κ2) is 6.29. The fourth-order valence-electron chi connectivity index (χ4n) is 4.27. The van der Waals surface area contributed by atoms with Crippen LogP contribution in [0.2, 0.25) is 0 Å².